The lowest BCUT2D eigenvalue weighted by Gasteiger charge is -2.66. The molecule has 3 unspecified atom stereocenters. The van der Waals surface area contributed by atoms with Crippen LogP contribution in [-0.2, 0) is 9.47 Å². The van der Waals surface area contributed by atoms with Crippen LogP contribution in [0.15, 0.2) is 11.6 Å². The molecular weight excluding hydrogens is 546 g/mol. The topological polar surface area (TPSA) is 143 Å². The first kappa shape index (κ1) is 33.5. The standard InChI is InChI=1S/C35H59NO7/c1-19(9-14-27(32(4,5)41)43-30-29(40)28(39)23(37)18-42-30)20-15-16-33(6)24-12-10-21-22(11-13-26(38)31(21,2)3)35(24,8)25(36)17-34(20,33)7/h10,19-20,22-24,26-30,36-41H,9,11-18H2,1-8H3/t19-,20?,22?,23-,24?,26+,27-,28+,29-,30+,33+,34-,35+/m1/s1. The van der Waals surface area contributed by atoms with Crippen LogP contribution in [0.1, 0.15) is 107 Å². The molecule has 0 amide bonds. The molecule has 5 rings (SSSR count). The molecule has 5 aliphatic rings. The first-order valence-electron chi connectivity index (χ1n) is 16.8. The van der Waals surface area contributed by atoms with Crippen LogP contribution in [0.4, 0.5) is 0 Å². The highest BCUT2D eigenvalue weighted by Crippen LogP contribution is 2.74. The fraction of sp³-hybridized carbons (Fsp3) is 0.914. The van der Waals surface area contributed by atoms with Gasteiger partial charge in [0, 0.05) is 16.5 Å². The third-order valence-corrected chi connectivity index (χ3v) is 13.9. The number of aliphatic hydroxyl groups excluding tert-OH is 4. The Bertz CT molecular complexity index is 1100. The second-order valence-corrected chi connectivity index (χ2v) is 16.8. The van der Waals surface area contributed by atoms with E-state index in [9.17, 15) is 30.9 Å². The number of allylic oxidation sites excluding steroid dienone is 1. The predicted molar refractivity (Wildman–Crippen MR) is 165 cm³/mol. The van der Waals surface area contributed by atoms with Crippen molar-refractivity contribution in [1.82, 2.24) is 0 Å². The molecule has 1 saturated heterocycles. The lowest BCUT2D eigenvalue weighted by atomic mass is 9.38. The van der Waals surface area contributed by atoms with Crippen LogP contribution in [0, 0.1) is 50.7 Å². The largest absolute Gasteiger partial charge is 0.392 e. The van der Waals surface area contributed by atoms with Crippen LogP contribution in [-0.4, -0.2) is 80.3 Å². The maximum Gasteiger partial charge on any atom is 0.186 e. The van der Waals surface area contributed by atoms with Gasteiger partial charge in [0.25, 0.3) is 0 Å². The Morgan fingerprint density at radius 1 is 1.00 bits per heavy atom. The summed E-state index contributed by atoms with van der Waals surface area (Å²) in [5.74, 6) is 1.47. The van der Waals surface area contributed by atoms with Crippen molar-refractivity contribution in [3.8, 4) is 0 Å². The summed E-state index contributed by atoms with van der Waals surface area (Å²) in [5.41, 5.74) is 0.708. The van der Waals surface area contributed by atoms with E-state index in [1.807, 2.05) is 0 Å². The summed E-state index contributed by atoms with van der Waals surface area (Å²) >= 11 is 0. The van der Waals surface area contributed by atoms with Crippen molar-refractivity contribution >= 4 is 5.71 Å². The molecular formula is C35H59NO7. The second kappa shape index (κ2) is 11.1. The average molecular weight is 606 g/mol. The van der Waals surface area contributed by atoms with Crippen molar-refractivity contribution in [1.29, 1.82) is 5.41 Å². The van der Waals surface area contributed by atoms with Gasteiger partial charge in [-0.1, -0.05) is 53.2 Å². The molecule has 0 aromatic carbocycles. The fourth-order valence-corrected chi connectivity index (χ4v) is 10.7. The Labute approximate surface area is 258 Å². The van der Waals surface area contributed by atoms with E-state index in [0.29, 0.717) is 30.1 Å². The van der Waals surface area contributed by atoms with E-state index in [1.54, 1.807) is 13.8 Å². The van der Waals surface area contributed by atoms with Gasteiger partial charge in [0.05, 0.1) is 24.4 Å². The number of hydrogen-bond donors (Lipinski definition) is 6. The van der Waals surface area contributed by atoms with Gasteiger partial charge in [0.1, 0.15) is 18.3 Å². The zero-order valence-electron chi connectivity index (χ0n) is 27.8. The zero-order valence-corrected chi connectivity index (χ0v) is 27.8. The molecule has 8 heteroatoms. The summed E-state index contributed by atoms with van der Waals surface area (Å²) in [4.78, 5) is 0. The van der Waals surface area contributed by atoms with Crippen LogP contribution >= 0.6 is 0 Å². The SMILES string of the molecule is C[C@H](CC[C@@H](O[C@@H]1OC[C@@H](O)[C@H](O)[C@H]1O)C(C)(C)O)C1CC[C@@]2(C)C3CC=C4C(CC[C@H](O)C4(C)C)[C@]3(C)C(=N)C[C@]12C. The summed E-state index contributed by atoms with van der Waals surface area (Å²) in [6.07, 6.45) is 3.57. The van der Waals surface area contributed by atoms with Crippen molar-refractivity contribution in [2.75, 3.05) is 6.61 Å². The first-order valence-corrected chi connectivity index (χ1v) is 16.8. The van der Waals surface area contributed by atoms with Crippen LogP contribution in [0.2, 0.25) is 0 Å². The summed E-state index contributed by atoms with van der Waals surface area (Å²) in [7, 11) is 0. The lowest BCUT2D eigenvalue weighted by molar-refractivity contribution is -0.297. The molecule has 246 valence electrons. The summed E-state index contributed by atoms with van der Waals surface area (Å²) in [6.45, 7) is 17.2. The highest BCUT2D eigenvalue weighted by Gasteiger charge is 2.69. The molecule has 0 spiro atoms. The Morgan fingerprint density at radius 3 is 2.33 bits per heavy atom. The molecule has 43 heavy (non-hydrogen) atoms. The van der Waals surface area contributed by atoms with Gasteiger partial charge < -0.3 is 40.4 Å². The van der Waals surface area contributed by atoms with Crippen molar-refractivity contribution in [2.24, 2.45) is 45.3 Å². The van der Waals surface area contributed by atoms with Gasteiger partial charge in [-0.2, -0.15) is 0 Å². The van der Waals surface area contributed by atoms with Gasteiger partial charge in [-0.05, 0) is 99.7 Å². The van der Waals surface area contributed by atoms with Crippen molar-refractivity contribution in [3.05, 3.63) is 11.6 Å². The zero-order chi connectivity index (χ0) is 31.9. The molecule has 4 aliphatic carbocycles. The minimum Gasteiger partial charge on any atom is -0.392 e. The van der Waals surface area contributed by atoms with E-state index in [4.69, 9.17) is 9.47 Å². The number of nitrogens with one attached hydrogen (secondary N) is 1. The maximum atomic E-state index is 11.0. The van der Waals surface area contributed by atoms with Gasteiger partial charge in [-0.3, -0.25) is 0 Å². The normalized spacial score (nSPS) is 47.7. The number of aliphatic hydroxyl groups is 5. The second-order valence-electron chi connectivity index (χ2n) is 16.8. The Kier molecular flexibility index (Phi) is 8.67. The molecule has 0 bridgehead atoms. The summed E-state index contributed by atoms with van der Waals surface area (Å²) < 4.78 is 11.6. The maximum absolute atomic E-state index is 11.0. The van der Waals surface area contributed by atoms with E-state index in [2.05, 4.69) is 47.6 Å². The van der Waals surface area contributed by atoms with Crippen molar-refractivity contribution in [2.45, 2.75) is 149 Å². The highest BCUT2D eigenvalue weighted by molar-refractivity contribution is 5.90. The van der Waals surface area contributed by atoms with Gasteiger partial charge in [-0.25, -0.2) is 0 Å². The third kappa shape index (κ3) is 5.10. The summed E-state index contributed by atoms with van der Waals surface area (Å²) in [6, 6.07) is 0. The molecule has 8 nitrogen and oxygen atoms in total. The van der Waals surface area contributed by atoms with Gasteiger partial charge >= 0.3 is 0 Å². The molecule has 1 heterocycles. The van der Waals surface area contributed by atoms with Gasteiger partial charge in [0.2, 0.25) is 0 Å². The van der Waals surface area contributed by atoms with E-state index in [1.165, 1.54) is 5.57 Å². The van der Waals surface area contributed by atoms with Crippen LogP contribution < -0.4 is 0 Å². The molecule has 6 N–H and O–H groups in total. The predicted octanol–water partition coefficient (Wildman–Crippen LogP) is 4.59. The number of fused-ring (bicyclic) bond motifs is 5. The number of ether oxygens (including phenoxy) is 2. The molecule has 4 fully saturated rings. The minimum atomic E-state index is -1.40. The van der Waals surface area contributed by atoms with E-state index in [0.717, 1.165) is 50.7 Å². The average Bonchev–Trinajstić information content (AvgIpc) is 3.18. The molecule has 1 aliphatic heterocycles. The Balaban J connectivity index is 1.34. The van der Waals surface area contributed by atoms with E-state index in [-0.39, 0.29) is 34.4 Å². The molecule has 0 radical (unpaired) electrons. The third-order valence-electron chi connectivity index (χ3n) is 13.9. The van der Waals surface area contributed by atoms with E-state index >= 15 is 0 Å². The van der Waals surface area contributed by atoms with Gasteiger partial charge in [0.15, 0.2) is 6.29 Å². The molecule has 13 atom stereocenters. The smallest absolute Gasteiger partial charge is 0.186 e. The quantitative estimate of drug-likeness (QED) is 0.233. The molecule has 0 aromatic heterocycles. The van der Waals surface area contributed by atoms with Crippen LogP contribution in [0.3, 0.4) is 0 Å². The number of hydrogen-bond acceptors (Lipinski definition) is 8. The lowest BCUT2D eigenvalue weighted by Crippen LogP contribution is -2.63. The monoisotopic (exact) mass is 605 g/mol. The minimum absolute atomic E-state index is 0.0171. The van der Waals surface area contributed by atoms with Crippen molar-refractivity contribution in [3.63, 3.8) is 0 Å². The summed E-state index contributed by atoms with van der Waals surface area (Å²) in [5, 5.41) is 61.9. The Morgan fingerprint density at radius 2 is 1.67 bits per heavy atom. The molecule has 0 aromatic rings. The number of rotatable bonds is 7. The van der Waals surface area contributed by atoms with Crippen molar-refractivity contribution < 1.29 is 35.0 Å². The van der Waals surface area contributed by atoms with E-state index < -0.39 is 36.3 Å². The van der Waals surface area contributed by atoms with Gasteiger partial charge in [-0.15, -0.1) is 0 Å². The fourth-order valence-electron chi connectivity index (χ4n) is 10.7. The molecule has 3 saturated carbocycles. The first-order chi connectivity index (χ1) is 19.8. The highest BCUT2D eigenvalue weighted by atomic mass is 16.7. The van der Waals surface area contributed by atoms with Crippen LogP contribution in [0.25, 0.3) is 0 Å². The van der Waals surface area contributed by atoms with Crippen LogP contribution in [0.5, 0.6) is 0 Å². The Hall–Kier alpha value is -0.870.